The summed E-state index contributed by atoms with van der Waals surface area (Å²) >= 11 is 0. The Kier molecular flexibility index (Phi) is 4.14. The Balaban J connectivity index is 4.05. The quantitative estimate of drug-likeness (QED) is 0.666. The van der Waals surface area contributed by atoms with Gasteiger partial charge in [-0.15, -0.1) is 0 Å². The molecule has 0 aliphatic carbocycles. The molecule has 0 fully saturated rings. The maximum Gasteiger partial charge on any atom is 0.224 e. The number of amides is 1. The molecule has 0 bridgehead atoms. The van der Waals surface area contributed by atoms with Gasteiger partial charge in [0, 0.05) is 25.6 Å². The van der Waals surface area contributed by atoms with Crippen LogP contribution in [0.5, 0.6) is 0 Å². The van der Waals surface area contributed by atoms with Gasteiger partial charge in [0.1, 0.15) is 0 Å². The molecule has 2 N–H and O–H groups in total. The first-order chi connectivity index (χ1) is 5.72. The fourth-order valence-corrected chi connectivity index (χ4v) is 1.02. The van der Waals surface area contributed by atoms with Crippen molar-refractivity contribution < 1.29 is 4.79 Å². The molecule has 0 saturated heterocycles. The predicted molar refractivity (Wildman–Crippen MR) is 55.3 cm³/mol. The van der Waals surface area contributed by atoms with Gasteiger partial charge in [-0.25, -0.2) is 0 Å². The largest absolute Gasteiger partial charge is 0.342 e. The number of hydrogen-bond acceptors (Lipinski definition) is 2. The topological polar surface area (TPSA) is 46.3 Å². The molecule has 0 heterocycles. The van der Waals surface area contributed by atoms with Crippen molar-refractivity contribution in [2.24, 2.45) is 5.73 Å². The molecule has 0 spiro atoms. The fourth-order valence-electron chi connectivity index (χ4n) is 1.02. The molecule has 0 radical (unpaired) electrons. The van der Waals surface area contributed by atoms with Crippen LogP contribution in [0.4, 0.5) is 0 Å². The maximum atomic E-state index is 11.5. The van der Waals surface area contributed by atoms with Gasteiger partial charge in [-0.1, -0.05) is 12.2 Å². The summed E-state index contributed by atoms with van der Waals surface area (Å²) in [6.07, 6.45) is 0.372. The highest BCUT2D eigenvalue weighted by atomic mass is 16.2. The van der Waals surface area contributed by atoms with E-state index >= 15 is 0 Å². The van der Waals surface area contributed by atoms with Gasteiger partial charge in [0.15, 0.2) is 0 Å². The number of likely N-dealkylation sites (N-methyl/N-ethyl adjacent to an activating group) is 1. The van der Waals surface area contributed by atoms with Crippen molar-refractivity contribution >= 4 is 5.91 Å². The van der Waals surface area contributed by atoms with Crippen LogP contribution in [-0.4, -0.2) is 29.9 Å². The number of carbonyl (C=O) groups excluding carboxylic acids is 1. The normalized spacial score (nSPS) is 11.2. The number of nitrogens with zero attached hydrogens (tertiary/aromatic N) is 1. The van der Waals surface area contributed by atoms with Crippen molar-refractivity contribution in [2.75, 3.05) is 13.6 Å². The van der Waals surface area contributed by atoms with Crippen molar-refractivity contribution in [3.63, 3.8) is 0 Å². The van der Waals surface area contributed by atoms with Gasteiger partial charge in [0.25, 0.3) is 0 Å². The second-order valence-electron chi connectivity index (χ2n) is 4.37. The summed E-state index contributed by atoms with van der Waals surface area (Å²) in [5.74, 6) is 0.0653. The molecule has 1 amide bonds. The first-order valence-electron chi connectivity index (χ1n) is 4.39. The minimum atomic E-state index is -0.430. The van der Waals surface area contributed by atoms with E-state index in [-0.39, 0.29) is 5.91 Å². The van der Waals surface area contributed by atoms with Crippen LogP contribution >= 0.6 is 0 Å². The summed E-state index contributed by atoms with van der Waals surface area (Å²) in [7, 11) is 1.77. The molecule has 76 valence electrons. The second-order valence-corrected chi connectivity index (χ2v) is 4.37. The van der Waals surface area contributed by atoms with Crippen molar-refractivity contribution in [1.29, 1.82) is 0 Å². The first kappa shape index (κ1) is 12.2. The number of hydrogen-bond donors (Lipinski definition) is 1. The van der Waals surface area contributed by atoms with Gasteiger partial charge in [0.05, 0.1) is 0 Å². The Morgan fingerprint density at radius 2 is 2.00 bits per heavy atom. The highest BCUT2D eigenvalue weighted by Crippen LogP contribution is 2.06. The van der Waals surface area contributed by atoms with E-state index in [4.69, 9.17) is 5.73 Å². The average Bonchev–Trinajstić information content (AvgIpc) is 1.81. The second kappa shape index (κ2) is 4.42. The molecule has 0 rings (SSSR count). The molecule has 3 nitrogen and oxygen atoms in total. The van der Waals surface area contributed by atoms with Crippen molar-refractivity contribution in [3.8, 4) is 0 Å². The third kappa shape index (κ3) is 6.34. The zero-order valence-electron chi connectivity index (χ0n) is 9.05. The number of carbonyl (C=O) groups is 1. The highest BCUT2D eigenvalue weighted by molar-refractivity contribution is 5.77. The third-order valence-corrected chi connectivity index (χ3v) is 1.54. The van der Waals surface area contributed by atoms with Gasteiger partial charge in [-0.05, 0) is 20.8 Å². The minimum absolute atomic E-state index is 0.0653. The molecule has 0 aliphatic heterocycles. The molecule has 13 heavy (non-hydrogen) atoms. The van der Waals surface area contributed by atoms with E-state index in [0.717, 1.165) is 5.57 Å². The van der Waals surface area contributed by atoms with Crippen LogP contribution in [-0.2, 0) is 4.79 Å². The van der Waals surface area contributed by atoms with Crippen LogP contribution in [0.15, 0.2) is 12.2 Å². The van der Waals surface area contributed by atoms with Crippen molar-refractivity contribution in [3.05, 3.63) is 12.2 Å². The molecular formula is C10H20N2O. The van der Waals surface area contributed by atoms with Crippen LogP contribution in [0, 0.1) is 0 Å². The van der Waals surface area contributed by atoms with E-state index in [1.165, 1.54) is 0 Å². The standard InChI is InChI=1S/C10H20N2O/c1-8(2)7-12(5)9(13)6-10(3,4)11/h1,6-7,11H2,2-5H3. The van der Waals surface area contributed by atoms with E-state index in [0.29, 0.717) is 13.0 Å². The minimum Gasteiger partial charge on any atom is -0.342 e. The maximum absolute atomic E-state index is 11.5. The van der Waals surface area contributed by atoms with E-state index in [1.807, 2.05) is 20.8 Å². The Morgan fingerprint density at radius 3 is 2.31 bits per heavy atom. The molecule has 0 unspecified atom stereocenters. The van der Waals surface area contributed by atoms with E-state index in [9.17, 15) is 4.79 Å². The van der Waals surface area contributed by atoms with Crippen molar-refractivity contribution in [2.45, 2.75) is 32.7 Å². The zero-order valence-corrected chi connectivity index (χ0v) is 9.05. The lowest BCUT2D eigenvalue weighted by Crippen LogP contribution is -2.40. The molecule has 0 aromatic carbocycles. The molecule has 0 aromatic rings. The van der Waals surface area contributed by atoms with Gasteiger partial charge < -0.3 is 10.6 Å². The van der Waals surface area contributed by atoms with Crippen LogP contribution in [0.25, 0.3) is 0 Å². The Bertz CT molecular complexity index is 203. The van der Waals surface area contributed by atoms with Crippen LogP contribution < -0.4 is 5.73 Å². The molecule has 0 atom stereocenters. The summed E-state index contributed by atoms with van der Waals surface area (Å²) in [5.41, 5.74) is 6.28. The summed E-state index contributed by atoms with van der Waals surface area (Å²) in [6, 6.07) is 0. The van der Waals surface area contributed by atoms with E-state index in [1.54, 1.807) is 11.9 Å². The smallest absolute Gasteiger partial charge is 0.224 e. The molecule has 0 saturated carbocycles. The lowest BCUT2D eigenvalue weighted by Gasteiger charge is -2.23. The van der Waals surface area contributed by atoms with Gasteiger partial charge in [-0.2, -0.15) is 0 Å². The van der Waals surface area contributed by atoms with E-state index in [2.05, 4.69) is 6.58 Å². The Morgan fingerprint density at radius 1 is 1.54 bits per heavy atom. The molecular weight excluding hydrogens is 164 g/mol. The van der Waals surface area contributed by atoms with Gasteiger partial charge in [0.2, 0.25) is 5.91 Å². The van der Waals surface area contributed by atoms with Gasteiger partial charge in [-0.3, -0.25) is 4.79 Å². The Hall–Kier alpha value is -0.830. The lowest BCUT2D eigenvalue weighted by atomic mass is 10.0. The summed E-state index contributed by atoms with van der Waals surface area (Å²) in [4.78, 5) is 13.1. The number of rotatable bonds is 4. The van der Waals surface area contributed by atoms with Crippen LogP contribution in [0.3, 0.4) is 0 Å². The monoisotopic (exact) mass is 184 g/mol. The molecule has 0 aliphatic rings. The average molecular weight is 184 g/mol. The predicted octanol–water partition coefficient (Wildman–Crippen LogP) is 1.15. The summed E-state index contributed by atoms with van der Waals surface area (Å²) in [6.45, 7) is 9.95. The summed E-state index contributed by atoms with van der Waals surface area (Å²) in [5, 5.41) is 0. The van der Waals surface area contributed by atoms with Gasteiger partial charge >= 0.3 is 0 Å². The number of nitrogens with two attached hydrogens (primary N) is 1. The van der Waals surface area contributed by atoms with Crippen LogP contribution in [0.2, 0.25) is 0 Å². The molecule has 0 aromatic heterocycles. The Labute approximate surface area is 80.6 Å². The lowest BCUT2D eigenvalue weighted by molar-refractivity contribution is -0.130. The van der Waals surface area contributed by atoms with E-state index < -0.39 is 5.54 Å². The molecule has 3 heteroatoms. The third-order valence-electron chi connectivity index (χ3n) is 1.54. The highest BCUT2D eigenvalue weighted by Gasteiger charge is 2.18. The summed E-state index contributed by atoms with van der Waals surface area (Å²) < 4.78 is 0. The first-order valence-corrected chi connectivity index (χ1v) is 4.39. The SMILES string of the molecule is C=C(C)CN(C)C(=O)CC(C)(C)N. The van der Waals surface area contributed by atoms with Crippen molar-refractivity contribution in [1.82, 2.24) is 4.90 Å². The van der Waals surface area contributed by atoms with Crippen LogP contribution in [0.1, 0.15) is 27.2 Å². The zero-order chi connectivity index (χ0) is 10.6. The fraction of sp³-hybridized carbons (Fsp3) is 0.700.